The van der Waals surface area contributed by atoms with Crippen LogP contribution in [0.3, 0.4) is 0 Å². The SMILES string of the molecule is Cc1onc(C(=O)Nc2cnn(Cc3ccccc3Cl)c2)c1COc1ccccc1F. The normalized spacial score (nSPS) is 10.8. The van der Waals surface area contributed by atoms with Gasteiger partial charge in [-0.1, -0.05) is 47.1 Å². The summed E-state index contributed by atoms with van der Waals surface area (Å²) < 4.78 is 26.1. The molecule has 7 nitrogen and oxygen atoms in total. The summed E-state index contributed by atoms with van der Waals surface area (Å²) in [5.41, 5.74) is 1.89. The first-order chi connectivity index (χ1) is 15.0. The van der Waals surface area contributed by atoms with Crippen molar-refractivity contribution in [2.24, 2.45) is 0 Å². The molecule has 1 N–H and O–H groups in total. The van der Waals surface area contributed by atoms with Gasteiger partial charge in [-0.3, -0.25) is 9.48 Å². The van der Waals surface area contributed by atoms with Gasteiger partial charge in [0.15, 0.2) is 17.3 Å². The molecule has 2 heterocycles. The second kappa shape index (κ2) is 9.01. The number of carbonyl (C=O) groups is 1. The molecular weight excluding hydrogens is 423 g/mol. The van der Waals surface area contributed by atoms with Gasteiger partial charge in [-0.15, -0.1) is 0 Å². The number of hydrogen-bond acceptors (Lipinski definition) is 5. The maximum atomic E-state index is 13.8. The Morgan fingerprint density at radius 1 is 1.23 bits per heavy atom. The minimum absolute atomic E-state index is 0.0627. The van der Waals surface area contributed by atoms with Crippen LogP contribution in [0.5, 0.6) is 5.75 Å². The summed E-state index contributed by atoms with van der Waals surface area (Å²) in [5, 5.41) is 11.4. The maximum absolute atomic E-state index is 13.8. The minimum atomic E-state index is -0.492. The predicted molar refractivity (Wildman–Crippen MR) is 113 cm³/mol. The number of aromatic nitrogens is 3. The van der Waals surface area contributed by atoms with E-state index in [9.17, 15) is 9.18 Å². The Hall–Kier alpha value is -3.65. The molecule has 0 spiro atoms. The fourth-order valence-electron chi connectivity index (χ4n) is 2.96. The third-order valence-corrected chi connectivity index (χ3v) is 4.96. The highest BCUT2D eigenvalue weighted by molar-refractivity contribution is 6.31. The molecule has 0 radical (unpaired) electrons. The Morgan fingerprint density at radius 3 is 2.81 bits per heavy atom. The van der Waals surface area contributed by atoms with Gasteiger partial charge < -0.3 is 14.6 Å². The number of amides is 1. The van der Waals surface area contributed by atoms with Gasteiger partial charge in [-0.05, 0) is 30.7 Å². The molecule has 0 unspecified atom stereocenters. The quantitative estimate of drug-likeness (QED) is 0.444. The lowest BCUT2D eigenvalue weighted by molar-refractivity contribution is 0.101. The van der Waals surface area contributed by atoms with E-state index in [0.717, 1.165) is 5.56 Å². The van der Waals surface area contributed by atoms with Gasteiger partial charge in [0.1, 0.15) is 12.4 Å². The van der Waals surface area contributed by atoms with E-state index in [4.69, 9.17) is 20.9 Å². The molecule has 0 saturated carbocycles. The molecule has 0 saturated heterocycles. The van der Waals surface area contributed by atoms with Crippen LogP contribution in [-0.4, -0.2) is 20.8 Å². The summed E-state index contributed by atoms with van der Waals surface area (Å²) in [6.45, 7) is 2.05. The third-order valence-electron chi connectivity index (χ3n) is 4.59. The molecule has 2 aromatic carbocycles. The topological polar surface area (TPSA) is 82.2 Å². The lowest BCUT2D eigenvalue weighted by Crippen LogP contribution is -2.15. The molecule has 1 amide bonds. The van der Waals surface area contributed by atoms with Crippen LogP contribution in [0.15, 0.2) is 65.4 Å². The molecular formula is C22H18ClFN4O3. The van der Waals surface area contributed by atoms with Crippen molar-refractivity contribution in [3.63, 3.8) is 0 Å². The van der Waals surface area contributed by atoms with Gasteiger partial charge >= 0.3 is 0 Å². The highest BCUT2D eigenvalue weighted by atomic mass is 35.5. The number of rotatable bonds is 7. The van der Waals surface area contributed by atoms with Crippen LogP contribution in [-0.2, 0) is 13.2 Å². The monoisotopic (exact) mass is 440 g/mol. The Kier molecular flexibility index (Phi) is 5.99. The maximum Gasteiger partial charge on any atom is 0.278 e. The highest BCUT2D eigenvalue weighted by Gasteiger charge is 2.21. The summed E-state index contributed by atoms with van der Waals surface area (Å²) in [5.74, 6) is -0.485. The van der Waals surface area contributed by atoms with Crippen molar-refractivity contribution in [2.45, 2.75) is 20.1 Å². The smallest absolute Gasteiger partial charge is 0.278 e. The molecule has 0 fully saturated rings. The molecule has 9 heteroatoms. The average molecular weight is 441 g/mol. The number of aryl methyl sites for hydroxylation is 1. The second-order valence-electron chi connectivity index (χ2n) is 6.76. The molecule has 4 rings (SSSR count). The van der Waals surface area contributed by atoms with Crippen LogP contribution in [0.4, 0.5) is 10.1 Å². The lowest BCUT2D eigenvalue weighted by atomic mass is 10.2. The summed E-state index contributed by atoms with van der Waals surface area (Å²) >= 11 is 6.18. The molecule has 4 aromatic rings. The largest absolute Gasteiger partial charge is 0.486 e. The van der Waals surface area contributed by atoms with Gasteiger partial charge in [0.2, 0.25) is 0 Å². The number of para-hydroxylation sites is 1. The van der Waals surface area contributed by atoms with Crippen molar-refractivity contribution < 1.29 is 18.4 Å². The van der Waals surface area contributed by atoms with Crippen molar-refractivity contribution in [3.8, 4) is 5.75 Å². The van der Waals surface area contributed by atoms with E-state index < -0.39 is 11.7 Å². The Bertz CT molecular complexity index is 1220. The first-order valence-corrected chi connectivity index (χ1v) is 9.78. The first-order valence-electron chi connectivity index (χ1n) is 9.41. The Morgan fingerprint density at radius 2 is 2.00 bits per heavy atom. The van der Waals surface area contributed by atoms with Crippen LogP contribution < -0.4 is 10.1 Å². The van der Waals surface area contributed by atoms with Crippen molar-refractivity contribution >= 4 is 23.2 Å². The van der Waals surface area contributed by atoms with Crippen molar-refractivity contribution in [1.29, 1.82) is 0 Å². The molecule has 31 heavy (non-hydrogen) atoms. The second-order valence-corrected chi connectivity index (χ2v) is 7.16. The van der Waals surface area contributed by atoms with Gasteiger partial charge in [-0.2, -0.15) is 5.10 Å². The van der Waals surface area contributed by atoms with Crippen LogP contribution in [0.25, 0.3) is 0 Å². The Labute approximate surface area is 182 Å². The van der Waals surface area contributed by atoms with E-state index in [1.54, 1.807) is 36.0 Å². The molecule has 0 aliphatic carbocycles. The van der Waals surface area contributed by atoms with E-state index in [1.807, 2.05) is 18.2 Å². The minimum Gasteiger partial charge on any atom is -0.486 e. The number of halogens is 2. The number of hydrogen-bond donors (Lipinski definition) is 1. The van der Waals surface area contributed by atoms with Gasteiger partial charge in [-0.25, -0.2) is 4.39 Å². The van der Waals surface area contributed by atoms with Crippen LogP contribution in [0.2, 0.25) is 5.02 Å². The molecule has 0 aliphatic rings. The van der Waals surface area contributed by atoms with E-state index in [-0.39, 0.29) is 18.1 Å². The van der Waals surface area contributed by atoms with E-state index >= 15 is 0 Å². The molecule has 0 aliphatic heterocycles. The number of nitrogens with one attached hydrogen (secondary N) is 1. The Balaban J connectivity index is 1.44. The average Bonchev–Trinajstić information content (AvgIpc) is 3.35. The van der Waals surface area contributed by atoms with E-state index in [0.29, 0.717) is 28.6 Å². The lowest BCUT2D eigenvalue weighted by Gasteiger charge is -2.07. The fourth-order valence-corrected chi connectivity index (χ4v) is 3.15. The van der Waals surface area contributed by atoms with Crippen molar-refractivity contribution in [1.82, 2.24) is 14.9 Å². The molecule has 158 valence electrons. The van der Waals surface area contributed by atoms with Crippen LogP contribution >= 0.6 is 11.6 Å². The fraction of sp³-hybridized carbons (Fsp3) is 0.136. The molecule has 2 aromatic heterocycles. The summed E-state index contributed by atoms with van der Waals surface area (Å²) in [4.78, 5) is 12.7. The van der Waals surface area contributed by atoms with E-state index in [2.05, 4.69) is 15.6 Å². The van der Waals surface area contributed by atoms with Crippen LogP contribution in [0, 0.1) is 12.7 Å². The number of nitrogens with zero attached hydrogens (tertiary/aromatic N) is 3. The standard InChI is InChI=1S/C22H18ClFN4O3/c1-14-17(13-30-20-9-5-4-8-19(20)24)21(27-31-14)22(29)26-16-10-25-28(12-16)11-15-6-2-3-7-18(15)23/h2-10,12H,11,13H2,1H3,(H,26,29). The predicted octanol–water partition coefficient (Wildman–Crippen LogP) is 4.85. The van der Waals surface area contributed by atoms with Crippen molar-refractivity contribution in [2.75, 3.05) is 5.32 Å². The van der Waals surface area contributed by atoms with Gasteiger partial charge in [0.05, 0.1) is 24.0 Å². The third kappa shape index (κ3) is 4.75. The van der Waals surface area contributed by atoms with Gasteiger partial charge in [0.25, 0.3) is 5.91 Å². The molecule has 0 bridgehead atoms. The number of anilines is 1. The zero-order valence-electron chi connectivity index (χ0n) is 16.5. The summed E-state index contributed by atoms with van der Waals surface area (Å²) in [7, 11) is 0. The zero-order valence-corrected chi connectivity index (χ0v) is 17.3. The van der Waals surface area contributed by atoms with Crippen LogP contribution in [0.1, 0.15) is 27.4 Å². The number of benzene rings is 2. The van der Waals surface area contributed by atoms with Crippen molar-refractivity contribution in [3.05, 3.63) is 94.3 Å². The number of ether oxygens (including phenoxy) is 1. The zero-order chi connectivity index (χ0) is 21.8. The molecule has 0 atom stereocenters. The number of carbonyl (C=O) groups excluding carboxylic acids is 1. The van der Waals surface area contributed by atoms with E-state index in [1.165, 1.54) is 18.3 Å². The van der Waals surface area contributed by atoms with Gasteiger partial charge in [0, 0.05) is 11.2 Å². The first kappa shape index (κ1) is 20.6. The summed E-state index contributed by atoms with van der Waals surface area (Å²) in [6, 6.07) is 13.5. The summed E-state index contributed by atoms with van der Waals surface area (Å²) in [6.07, 6.45) is 3.21. The highest BCUT2D eigenvalue weighted by Crippen LogP contribution is 2.21.